The molecule has 1 aromatic carbocycles. The molecular formula is C19H24N4O2. The third kappa shape index (κ3) is 3.01. The van der Waals surface area contributed by atoms with Gasteiger partial charge in [0.1, 0.15) is 6.04 Å². The molecule has 6 heteroatoms. The van der Waals surface area contributed by atoms with E-state index in [2.05, 4.69) is 33.2 Å². The molecule has 0 saturated carbocycles. The number of para-hydroxylation sites is 1. The lowest BCUT2D eigenvalue weighted by Crippen LogP contribution is -2.49. The quantitative estimate of drug-likeness (QED) is 0.859. The normalized spacial score (nSPS) is 19.1. The molecule has 2 aromatic rings. The van der Waals surface area contributed by atoms with Gasteiger partial charge in [0.15, 0.2) is 5.82 Å². The fraction of sp³-hybridized carbons (Fsp3) is 0.526. The Bertz CT molecular complexity index is 764. The second-order valence-electron chi connectivity index (χ2n) is 7.03. The van der Waals surface area contributed by atoms with Crippen molar-refractivity contribution in [1.82, 2.24) is 15.0 Å². The zero-order valence-corrected chi connectivity index (χ0v) is 14.8. The van der Waals surface area contributed by atoms with Crippen molar-refractivity contribution in [1.29, 1.82) is 0 Å². The topological polar surface area (TPSA) is 62.5 Å². The highest BCUT2D eigenvalue weighted by Gasteiger charge is 2.33. The summed E-state index contributed by atoms with van der Waals surface area (Å²) in [6.07, 6.45) is 2.79. The number of aryl methyl sites for hydroxylation is 1. The SMILES string of the molecule is Cc1noc(C2CCN(C(=O)C(C)N3CCc4ccccc43)CC2)n1. The number of hydrogen-bond acceptors (Lipinski definition) is 5. The average Bonchev–Trinajstić information content (AvgIpc) is 3.27. The van der Waals surface area contributed by atoms with E-state index in [1.165, 1.54) is 11.3 Å². The first-order chi connectivity index (χ1) is 12.1. The zero-order chi connectivity index (χ0) is 17.4. The lowest BCUT2D eigenvalue weighted by molar-refractivity contribution is -0.133. The minimum absolute atomic E-state index is 0.120. The van der Waals surface area contributed by atoms with Crippen molar-refractivity contribution in [2.75, 3.05) is 24.5 Å². The van der Waals surface area contributed by atoms with Crippen LogP contribution >= 0.6 is 0 Å². The van der Waals surface area contributed by atoms with Gasteiger partial charge in [-0.3, -0.25) is 4.79 Å². The third-order valence-corrected chi connectivity index (χ3v) is 5.45. The molecule has 0 aliphatic carbocycles. The number of likely N-dealkylation sites (tertiary alicyclic amines) is 1. The van der Waals surface area contributed by atoms with Gasteiger partial charge in [0, 0.05) is 31.2 Å². The van der Waals surface area contributed by atoms with E-state index in [1.54, 1.807) is 0 Å². The molecule has 2 aliphatic rings. The summed E-state index contributed by atoms with van der Waals surface area (Å²) in [5.74, 6) is 1.88. The van der Waals surface area contributed by atoms with E-state index in [0.29, 0.717) is 11.7 Å². The van der Waals surface area contributed by atoms with Crippen molar-refractivity contribution in [3.8, 4) is 0 Å². The predicted octanol–water partition coefficient (Wildman–Crippen LogP) is 2.54. The van der Waals surface area contributed by atoms with Gasteiger partial charge >= 0.3 is 0 Å². The summed E-state index contributed by atoms with van der Waals surface area (Å²) in [6.45, 7) is 6.29. The van der Waals surface area contributed by atoms with Gasteiger partial charge in [0.2, 0.25) is 11.8 Å². The van der Waals surface area contributed by atoms with Crippen LogP contribution in [0.4, 0.5) is 5.69 Å². The minimum atomic E-state index is -0.120. The van der Waals surface area contributed by atoms with E-state index < -0.39 is 0 Å². The highest BCUT2D eigenvalue weighted by molar-refractivity contribution is 5.86. The first-order valence-corrected chi connectivity index (χ1v) is 9.07. The molecule has 3 heterocycles. The van der Waals surface area contributed by atoms with E-state index in [0.717, 1.165) is 38.9 Å². The summed E-state index contributed by atoms with van der Waals surface area (Å²) in [6, 6.07) is 8.27. The molecule has 1 aromatic heterocycles. The summed E-state index contributed by atoms with van der Waals surface area (Å²) in [5, 5.41) is 3.87. The molecule has 1 fully saturated rings. The van der Waals surface area contributed by atoms with Crippen LogP contribution in [0.15, 0.2) is 28.8 Å². The number of rotatable bonds is 3. The zero-order valence-electron chi connectivity index (χ0n) is 14.8. The number of fused-ring (bicyclic) bond motifs is 1. The van der Waals surface area contributed by atoms with Crippen LogP contribution in [0.3, 0.4) is 0 Å². The second-order valence-corrected chi connectivity index (χ2v) is 7.03. The maximum atomic E-state index is 13.0. The molecular weight excluding hydrogens is 316 g/mol. The second kappa shape index (κ2) is 6.50. The molecule has 0 N–H and O–H groups in total. The smallest absolute Gasteiger partial charge is 0.244 e. The standard InChI is InChI=1S/C19H24N4O2/c1-13(23-12-9-15-5-3-4-6-17(15)23)19(24)22-10-7-16(8-11-22)18-20-14(2)21-25-18/h3-6,13,16H,7-12H2,1-2H3. The number of anilines is 1. The number of amides is 1. The van der Waals surface area contributed by atoms with Crippen molar-refractivity contribution in [3.05, 3.63) is 41.5 Å². The Morgan fingerprint density at radius 2 is 2.00 bits per heavy atom. The van der Waals surface area contributed by atoms with E-state index in [9.17, 15) is 4.79 Å². The number of carbonyl (C=O) groups excluding carboxylic acids is 1. The van der Waals surface area contributed by atoms with Gasteiger partial charge in [-0.15, -0.1) is 0 Å². The lowest BCUT2D eigenvalue weighted by Gasteiger charge is -2.35. The molecule has 6 nitrogen and oxygen atoms in total. The number of carbonyl (C=O) groups is 1. The summed E-state index contributed by atoms with van der Waals surface area (Å²) in [7, 11) is 0. The average molecular weight is 340 g/mol. The van der Waals surface area contributed by atoms with Crippen LogP contribution in [0.5, 0.6) is 0 Å². The van der Waals surface area contributed by atoms with Crippen LogP contribution in [-0.4, -0.2) is 46.6 Å². The highest BCUT2D eigenvalue weighted by atomic mass is 16.5. The Morgan fingerprint density at radius 1 is 1.24 bits per heavy atom. The van der Waals surface area contributed by atoms with E-state index in [-0.39, 0.29) is 17.9 Å². The van der Waals surface area contributed by atoms with Crippen LogP contribution in [0.1, 0.15) is 43.0 Å². The van der Waals surface area contributed by atoms with Crippen molar-refractivity contribution >= 4 is 11.6 Å². The Morgan fingerprint density at radius 3 is 2.72 bits per heavy atom. The van der Waals surface area contributed by atoms with E-state index in [4.69, 9.17) is 4.52 Å². The van der Waals surface area contributed by atoms with E-state index in [1.807, 2.05) is 24.8 Å². The Hall–Kier alpha value is -2.37. The molecule has 25 heavy (non-hydrogen) atoms. The summed E-state index contributed by atoms with van der Waals surface area (Å²) in [4.78, 5) is 21.5. The number of benzene rings is 1. The van der Waals surface area contributed by atoms with Crippen molar-refractivity contribution in [3.63, 3.8) is 0 Å². The number of hydrogen-bond donors (Lipinski definition) is 0. The minimum Gasteiger partial charge on any atom is -0.359 e. The Balaban J connectivity index is 1.39. The highest BCUT2D eigenvalue weighted by Crippen LogP contribution is 2.31. The van der Waals surface area contributed by atoms with Crippen molar-refractivity contribution in [2.24, 2.45) is 0 Å². The molecule has 0 bridgehead atoms. The van der Waals surface area contributed by atoms with Gasteiger partial charge in [-0.25, -0.2) is 0 Å². The maximum absolute atomic E-state index is 13.0. The fourth-order valence-corrected chi connectivity index (χ4v) is 3.99. The molecule has 0 radical (unpaired) electrons. The van der Waals surface area contributed by atoms with Crippen molar-refractivity contribution in [2.45, 2.75) is 45.1 Å². The fourth-order valence-electron chi connectivity index (χ4n) is 3.99. The number of piperidine rings is 1. The Labute approximate surface area is 147 Å². The third-order valence-electron chi connectivity index (χ3n) is 5.45. The summed E-state index contributed by atoms with van der Waals surface area (Å²) < 4.78 is 5.29. The molecule has 1 unspecified atom stereocenters. The van der Waals surface area contributed by atoms with E-state index >= 15 is 0 Å². The number of nitrogens with zero attached hydrogens (tertiary/aromatic N) is 4. The van der Waals surface area contributed by atoms with Crippen LogP contribution in [0, 0.1) is 6.92 Å². The van der Waals surface area contributed by atoms with Gasteiger partial charge in [0.25, 0.3) is 0 Å². The summed E-state index contributed by atoms with van der Waals surface area (Å²) in [5.41, 5.74) is 2.55. The van der Waals surface area contributed by atoms with Crippen molar-refractivity contribution < 1.29 is 9.32 Å². The molecule has 1 amide bonds. The molecule has 4 rings (SSSR count). The van der Waals surface area contributed by atoms with Gasteiger partial charge < -0.3 is 14.3 Å². The van der Waals surface area contributed by atoms with Crippen LogP contribution < -0.4 is 4.90 Å². The van der Waals surface area contributed by atoms with Crippen LogP contribution in [-0.2, 0) is 11.2 Å². The predicted molar refractivity (Wildman–Crippen MR) is 94.5 cm³/mol. The Kier molecular flexibility index (Phi) is 4.19. The van der Waals surface area contributed by atoms with Gasteiger partial charge in [-0.2, -0.15) is 4.98 Å². The molecule has 1 saturated heterocycles. The van der Waals surface area contributed by atoms with Crippen LogP contribution in [0.2, 0.25) is 0 Å². The van der Waals surface area contributed by atoms with Gasteiger partial charge in [-0.1, -0.05) is 23.4 Å². The first-order valence-electron chi connectivity index (χ1n) is 9.07. The van der Waals surface area contributed by atoms with Gasteiger partial charge in [0.05, 0.1) is 0 Å². The molecule has 2 aliphatic heterocycles. The monoisotopic (exact) mass is 340 g/mol. The maximum Gasteiger partial charge on any atom is 0.244 e. The van der Waals surface area contributed by atoms with Gasteiger partial charge in [-0.05, 0) is 44.7 Å². The molecule has 1 atom stereocenters. The lowest BCUT2D eigenvalue weighted by atomic mass is 9.96. The largest absolute Gasteiger partial charge is 0.359 e. The molecule has 132 valence electrons. The molecule has 0 spiro atoms. The van der Waals surface area contributed by atoms with Crippen LogP contribution in [0.25, 0.3) is 0 Å². The first kappa shape index (κ1) is 16.1. The number of aromatic nitrogens is 2. The summed E-state index contributed by atoms with van der Waals surface area (Å²) >= 11 is 0.